The number of amides is 1. The van der Waals surface area contributed by atoms with Crippen molar-refractivity contribution in [1.29, 1.82) is 0 Å². The minimum absolute atomic E-state index is 0.0879. The van der Waals surface area contributed by atoms with Crippen molar-refractivity contribution in [2.24, 2.45) is 5.73 Å². The van der Waals surface area contributed by atoms with Gasteiger partial charge in [0.15, 0.2) is 0 Å². The molecular weight excluding hydrogens is 350 g/mol. The summed E-state index contributed by atoms with van der Waals surface area (Å²) >= 11 is 0. The molecule has 1 unspecified atom stereocenters. The van der Waals surface area contributed by atoms with E-state index in [9.17, 15) is 13.2 Å². The number of rotatable bonds is 8. The second-order valence-electron chi connectivity index (χ2n) is 6.37. The molecule has 140 valence electrons. The van der Waals surface area contributed by atoms with Gasteiger partial charge >= 0.3 is 0 Å². The van der Waals surface area contributed by atoms with Crippen LogP contribution in [0.1, 0.15) is 32.3 Å². The van der Waals surface area contributed by atoms with Crippen LogP contribution >= 0.6 is 0 Å². The molecular formula is C19H25N3O3S. The predicted octanol–water partition coefficient (Wildman–Crippen LogP) is 3.04. The fourth-order valence-electron chi connectivity index (χ4n) is 2.36. The second-order valence-corrected chi connectivity index (χ2v) is 8.22. The van der Waals surface area contributed by atoms with E-state index in [4.69, 9.17) is 5.73 Å². The maximum absolute atomic E-state index is 12.5. The lowest BCUT2D eigenvalue weighted by molar-refractivity contribution is -0.120. The van der Waals surface area contributed by atoms with Gasteiger partial charge in [0, 0.05) is 11.4 Å². The van der Waals surface area contributed by atoms with E-state index < -0.39 is 15.6 Å². The summed E-state index contributed by atoms with van der Waals surface area (Å²) in [6.07, 6.45) is 1.42. The van der Waals surface area contributed by atoms with Gasteiger partial charge in [-0.3, -0.25) is 9.52 Å². The van der Waals surface area contributed by atoms with Gasteiger partial charge in [-0.15, -0.1) is 0 Å². The second kappa shape index (κ2) is 8.33. The Labute approximate surface area is 154 Å². The monoisotopic (exact) mass is 375 g/mol. The first kappa shape index (κ1) is 19.9. The molecule has 0 aliphatic carbocycles. The van der Waals surface area contributed by atoms with E-state index >= 15 is 0 Å². The van der Waals surface area contributed by atoms with Crippen LogP contribution in [0.2, 0.25) is 0 Å². The maximum atomic E-state index is 12.5. The van der Waals surface area contributed by atoms with Crippen LogP contribution in [0.25, 0.3) is 0 Å². The SMILES string of the molecule is CCCCS(=O)(=O)Nc1ccc(NC(=O)C(C)(N)c2ccccc2)cc1. The number of hydrogen-bond donors (Lipinski definition) is 3. The summed E-state index contributed by atoms with van der Waals surface area (Å²) in [5, 5.41) is 2.76. The van der Waals surface area contributed by atoms with E-state index in [-0.39, 0.29) is 11.7 Å². The molecule has 4 N–H and O–H groups in total. The molecule has 0 saturated heterocycles. The number of carbonyl (C=O) groups excluding carboxylic acids is 1. The minimum atomic E-state index is -3.35. The Morgan fingerprint density at radius 1 is 1.04 bits per heavy atom. The van der Waals surface area contributed by atoms with Crippen LogP contribution < -0.4 is 15.8 Å². The molecule has 0 bridgehead atoms. The third-order valence-electron chi connectivity index (χ3n) is 4.03. The molecule has 7 heteroatoms. The number of hydrogen-bond acceptors (Lipinski definition) is 4. The smallest absolute Gasteiger partial charge is 0.248 e. The van der Waals surface area contributed by atoms with E-state index in [0.717, 1.165) is 6.42 Å². The first-order valence-corrected chi connectivity index (χ1v) is 10.2. The third kappa shape index (κ3) is 5.31. The molecule has 26 heavy (non-hydrogen) atoms. The van der Waals surface area contributed by atoms with Crippen molar-refractivity contribution in [3.63, 3.8) is 0 Å². The number of unbranched alkanes of at least 4 members (excludes halogenated alkanes) is 1. The van der Waals surface area contributed by atoms with Crippen molar-refractivity contribution < 1.29 is 13.2 Å². The van der Waals surface area contributed by atoms with Crippen molar-refractivity contribution in [2.45, 2.75) is 32.2 Å². The first-order valence-electron chi connectivity index (χ1n) is 8.51. The third-order valence-corrected chi connectivity index (χ3v) is 5.40. The topological polar surface area (TPSA) is 101 Å². The summed E-state index contributed by atoms with van der Waals surface area (Å²) in [5.41, 5.74) is 6.71. The van der Waals surface area contributed by atoms with E-state index in [0.29, 0.717) is 23.4 Å². The fourth-order valence-corrected chi connectivity index (χ4v) is 3.63. The zero-order valence-electron chi connectivity index (χ0n) is 15.0. The van der Waals surface area contributed by atoms with Crippen LogP contribution in [-0.4, -0.2) is 20.1 Å². The summed E-state index contributed by atoms with van der Waals surface area (Å²) < 4.78 is 26.3. The first-order chi connectivity index (χ1) is 12.2. The highest BCUT2D eigenvalue weighted by atomic mass is 32.2. The molecule has 0 aliphatic heterocycles. The lowest BCUT2D eigenvalue weighted by Crippen LogP contribution is -2.45. The number of anilines is 2. The fraction of sp³-hybridized carbons (Fsp3) is 0.316. The van der Waals surface area contributed by atoms with E-state index in [1.165, 1.54) is 0 Å². The van der Waals surface area contributed by atoms with Gasteiger partial charge in [0.1, 0.15) is 5.54 Å². The molecule has 1 amide bonds. The Morgan fingerprint density at radius 3 is 2.19 bits per heavy atom. The Balaban J connectivity index is 2.04. The molecule has 2 aromatic rings. The van der Waals surface area contributed by atoms with Crippen molar-refractivity contribution in [1.82, 2.24) is 0 Å². The average Bonchev–Trinajstić information content (AvgIpc) is 2.62. The molecule has 2 rings (SSSR count). The van der Waals surface area contributed by atoms with E-state index in [1.807, 2.05) is 25.1 Å². The van der Waals surface area contributed by atoms with E-state index in [1.54, 1.807) is 43.3 Å². The summed E-state index contributed by atoms with van der Waals surface area (Å²) in [7, 11) is -3.35. The largest absolute Gasteiger partial charge is 0.324 e. The van der Waals surface area contributed by atoms with E-state index in [2.05, 4.69) is 10.0 Å². The van der Waals surface area contributed by atoms with Crippen LogP contribution in [0.3, 0.4) is 0 Å². The molecule has 0 aliphatic rings. The average molecular weight is 375 g/mol. The summed E-state index contributed by atoms with van der Waals surface area (Å²) in [6.45, 7) is 3.58. The number of sulfonamides is 1. The van der Waals surface area contributed by atoms with Crippen molar-refractivity contribution in [3.8, 4) is 0 Å². The van der Waals surface area contributed by atoms with Crippen molar-refractivity contribution in [2.75, 3.05) is 15.8 Å². The summed E-state index contributed by atoms with van der Waals surface area (Å²) in [4.78, 5) is 12.5. The molecule has 0 fully saturated rings. The Morgan fingerprint density at radius 2 is 1.62 bits per heavy atom. The Kier molecular flexibility index (Phi) is 6.39. The molecule has 6 nitrogen and oxygen atoms in total. The highest BCUT2D eigenvalue weighted by Crippen LogP contribution is 2.21. The molecule has 0 saturated carbocycles. The van der Waals surface area contributed by atoms with Crippen LogP contribution in [0.4, 0.5) is 11.4 Å². The van der Waals surface area contributed by atoms with Crippen molar-refractivity contribution >= 4 is 27.3 Å². The molecule has 0 spiro atoms. The number of nitrogens with two attached hydrogens (primary N) is 1. The summed E-state index contributed by atoms with van der Waals surface area (Å²) in [5.74, 6) is -0.259. The molecule has 2 aromatic carbocycles. The van der Waals surface area contributed by atoms with Gasteiger partial charge < -0.3 is 11.1 Å². The highest BCUT2D eigenvalue weighted by Gasteiger charge is 2.30. The van der Waals surface area contributed by atoms with Gasteiger partial charge in [-0.05, 0) is 43.2 Å². The van der Waals surface area contributed by atoms with Gasteiger partial charge in [-0.2, -0.15) is 0 Å². The number of nitrogens with one attached hydrogen (secondary N) is 2. The number of carbonyl (C=O) groups is 1. The van der Waals surface area contributed by atoms with Crippen LogP contribution in [-0.2, 0) is 20.4 Å². The molecule has 1 atom stereocenters. The normalized spacial score (nSPS) is 13.7. The van der Waals surface area contributed by atoms with Gasteiger partial charge in [-0.25, -0.2) is 8.42 Å². The van der Waals surface area contributed by atoms with Crippen LogP contribution in [0.5, 0.6) is 0 Å². The van der Waals surface area contributed by atoms with Gasteiger partial charge in [-0.1, -0.05) is 43.7 Å². The maximum Gasteiger partial charge on any atom is 0.248 e. The highest BCUT2D eigenvalue weighted by molar-refractivity contribution is 7.92. The summed E-state index contributed by atoms with van der Waals surface area (Å²) in [6, 6.07) is 15.6. The Hall–Kier alpha value is -2.38. The van der Waals surface area contributed by atoms with Gasteiger partial charge in [0.25, 0.3) is 0 Å². The number of benzene rings is 2. The zero-order chi connectivity index (χ0) is 19.2. The lowest BCUT2D eigenvalue weighted by atomic mass is 9.92. The molecule has 0 aromatic heterocycles. The Bertz CT molecular complexity index is 832. The standard InChI is InChI=1S/C19H25N3O3S/c1-3-4-14-26(24,25)22-17-12-10-16(11-13-17)21-18(23)19(2,20)15-8-6-5-7-9-15/h5-13,22H,3-4,14,20H2,1-2H3,(H,21,23). The van der Waals surface area contributed by atoms with Gasteiger partial charge in [0.2, 0.25) is 15.9 Å². The zero-order valence-corrected chi connectivity index (χ0v) is 15.8. The van der Waals surface area contributed by atoms with Crippen molar-refractivity contribution in [3.05, 3.63) is 60.2 Å². The van der Waals surface area contributed by atoms with Crippen LogP contribution in [0, 0.1) is 0 Å². The predicted molar refractivity (Wildman–Crippen MR) is 105 cm³/mol. The lowest BCUT2D eigenvalue weighted by Gasteiger charge is -2.24. The quantitative estimate of drug-likeness (QED) is 0.660. The minimum Gasteiger partial charge on any atom is -0.324 e. The molecule has 0 radical (unpaired) electrons. The van der Waals surface area contributed by atoms with Crippen LogP contribution in [0.15, 0.2) is 54.6 Å². The van der Waals surface area contributed by atoms with Gasteiger partial charge in [0.05, 0.1) is 5.75 Å². The molecule has 0 heterocycles.